The monoisotopic (exact) mass is 490 g/mol. The second kappa shape index (κ2) is 15.8. The minimum Gasteiger partial charge on any atom is -0.494 e. The Bertz CT molecular complexity index is 901. The van der Waals surface area contributed by atoms with Crippen molar-refractivity contribution in [3.8, 4) is 16.9 Å². The fourth-order valence-corrected chi connectivity index (χ4v) is 3.26. The van der Waals surface area contributed by atoms with Crippen molar-refractivity contribution in [2.24, 2.45) is 5.92 Å². The minimum atomic E-state index is -1.82. The van der Waals surface area contributed by atoms with Crippen LogP contribution in [-0.2, 0) is 19.2 Å². The summed E-state index contributed by atoms with van der Waals surface area (Å²) in [4.78, 5) is 43.0. The summed E-state index contributed by atoms with van der Waals surface area (Å²) in [5.74, 6) is -5.49. The number of nitrogens with zero attached hydrogens (tertiary/aromatic N) is 2. The molecule has 2 aromatic rings. The normalized spacial score (nSPS) is 14.8. The standard InChI is InChI=1S/C20H26N2O.2C2H2O4/c1-17-4-2-13-22(16-17)14-3-15-23-20-7-5-18(6-8-20)19-9-11-21-12-10-19;2*3-1(4)2(5)6/h5-12,17H,2-4,13-16H2,1H3;2*(H,3,4)(H,5,6). The topological polar surface area (TPSA) is 175 Å². The molecule has 0 saturated carbocycles. The highest BCUT2D eigenvalue weighted by Gasteiger charge is 2.15. The third kappa shape index (κ3) is 12.7. The summed E-state index contributed by atoms with van der Waals surface area (Å²) in [5.41, 5.74) is 2.38. The number of hydrogen-bond acceptors (Lipinski definition) is 7. The van der Waals surface area contributed by atoms with Crippen molar-refractivity contribution in [2.75, 3.05) is 26.2 Å². The van der Waals surface area contributed by atoms with Gasteiger partial charge in [-0.15, -0.1) is 0 Å². The molecule has 0 aliphatic carbocycles. The molecule has 0 radical (unpaired) electrons. The third-order valence-corrected chi connectivity index (χ3v) is 4.86. The number of piperidine rings is 1. The smallest absolute Gasteiger partial charge is 0.414 e. The van der Waals surface area contributed by atoms with Crippen molar-refractivity contribution in [3.05, 3.63) is 48.8 Å². The van der Waals surface area contributed by atoms with Gasteiger partial charge in [0.1, 0.15) is 5.75 Å². The van der Waals surface area contributed by atoms with Gasteiger partial charge in [0, 0.05) is 25.5 Å². The van der Waals surface area contributed by atoms with Crippen molar-refractivity contribution in [2.45, 2.75) is 26.2 Å². The largest absolute Gasteiger partial charge is 0.494 e. The van der Waals surface area contributed by atoms with Gasteiger partial charge in [0.15, 0.2) is 0 Å². The molecule has 1 aliphatic rings. The molecule has 1 unspecified atom stereocenters. The summed E-state index contributed by atoms with van der Waals surface area (Å²) in [5, 5.41) is 29.6. The van der Waals surface area contributed by atoms with Crippen LogP contribution in [0, 0.1) is 5.92 Å². The molecule has 11 heteroatoms. The van der Waals surface area contributed by atoms with Crippen molar-refractivity contribution in [3.63, 3.8) is 0 Å². The Morgan fingerprint density at radius 2 is 1.40 bits per heavy atom. The molecule has 4 N–H and O–H groups in total. The van der Waals surface area contributed by atoms with Crippen LogP contribution in [0.25, 0.3) is 11.1 Å². The van der Waals surface area contributed by atoms with Gasteiger partial charge in [-0.3, -0.25) is 4.98 Å². The molecule has 1 saturated heterocycles. The quantitative estimate of drug-likeness (QED) is 0.346. The van der Waals surface area contributed by atoms with E-state index in [1.807, 2.05) is 24.5 Å². The van der Waals surface area contributed by atoms with Gasteiger partial charge < -0.3 is 30.1 Å². The predicted molar refractivity (Wildman–Crippen MR) is 125 cm³/mol. The molecular formula is C24H30N2O9. The number of rotatable bonds is 6. The SMILES string of the molecule is CC1CCCN(CCCOc2ccc(-c3ccncc3)cc2)C1.O=C(O)C(=O)O.O=C(O)C(=O)O. The van der Waals surface area contributed by atoms with Crippen LogP contribution in [0.5, 0.6) is 5.75 Å². The lowest BCUT2D eigenvalue weighted by atomic mass is 10.0. The van der Waals surface area contributed by atoms with Crippen molar-refractivity contribution in [1.82, 2.24) is 9.88 Å². The number of ether oxygens (including phenoxy) is 1. The molecule has 1 aromatic carbocycles. The van der Waals surface area contributed by atoms with E-state index in [2.05, 4.69) is 41.1 Å². The molecule has 0 spiro atoms. The van der Waals surface area contributed by atoms with Crippen molar-refractivity contribution in [1.29, 1.82) is 0 Å². The summed E-state index contributed by atoms with van der Waals surface area (Å²) in [7, 11) is 0. The lowest BCUT2D eigenvalue weighted by molar-refractivity contribution is -0.159. The van der Waals surface area contributed by atoms with Crippen LogP contribution in [-0.4, -0.2) is 80.4 Å². The first-order chi connectivity index (χ1) is 16.6. The second-order valence-electron chi connectivity index (χ2n) is 7.73. The van der Waals surface area contributed by atoms with Crippen LogP contribution in [0.3, 0.4) is 0 Å². The van der Waals surface area contributed by atoms with E-state index in [1.165, 1.54) is 37.1 Å². The van der Waals surface area contributed by atoms with Gasteiger partial charge in [0.05, 0.1) is 6.61 Å². The molecule has 35 heavy (non-hydrogen) atoms. The van der Waals surface area contributed by atoms with Crippen LogP contribution < -0.4 is 4.74 Å². The number of hydrogen-bond donors (Lipinski definition) is 4. The summed E-state index contributed by atoms with van der Waals surface area (Å²) >= 11 is 0. The Kier molecular flexibility index (Phi) is 13.1. The highest BCUT2D eigenvalue weighted by Crippen LogP contribution is 2.22. The van der Waals surface area contributed by atoms with Gasteiger partial charge in [-0.2, -0.15) is 0 Å². The lowest BCUT2D eigenvalue weighted by Gasteiger charge is -2.30. The minimum absolute atomic E-state index is 0.791. The van der Waals surface area contributed by atoms with Crippen LogP contribution in [0.1, 0.15) is 26.2 Å². The zero-order chi connectivity index (χ0) is 26.2. The molecule has 0 amide bonds. The number of aromatic nitrogens is 1. The van der Waals surface area contributed by atoms with Crippen LogP contribution in [0.15, 0.2) is 48.8 Å². The highest BCUT2D eigenvalue weighted by atomic mass is 16.5. The molecule has 11 nitrogen and oxygen atoms in total. The van der Waals surface area contributed by atoms with E-state index < -0.39 is 23.9 Å². The summed E-state index contributed by atoms with van der Waals surface area (Å²) in [6.07, 6.45) is 7.47. The molecule has 3 rings (SSSR count). The number of likely N-dealkylation sites (tertiary alicyclic amines) is 1. The zero-order valence-electron chi connectivity index (χ0n) is 19.4. The summed E-state index contributed by atoms with van der Waals surface area (Å²) < 4.78 is 5.88. The first-order valence-corrected chi connectivity index (χ1v) is 10.9. The molecule has 1 aromatic heterocycles. The average Bonchev–Trinajstić information content (AvgIpc) is 2.83. The first-order valence-electron chi connectivity index (χ1n) is 10.9. The summed E-state index contributed by atoms with van der Waals surface area (Å²) in [6.45, 7) is 6.80. The van der Waals surface area contributed by atoms with E-state index in [-0.39, 0.29) is 0 Å². The molecule has 1 atom stereocenters. The predicted octanol–water partition coefficient (Wildman–Crippen LogP) is 2.56. The molecule has 1 fully saturated rings. The van der Waals surface area contributed by atoms with Gasteiger partial charge in [0.2, 0.25) is 0 Å². The average molecular weight is 491 g/mol. The Balaban J connectivity index is 0.000000425. The van der Waals surface area contributed by atoms with Gasteiger partial charge in [-0.25, -0.2) is 19.2 Å². The first kappa shape index (κ1) is 29.0. The molecule has 1 aliphatic heterocycles. The van der Waals surface area contributed by atoms with Crippen LogP contribution in [0.4, 0.5) is 0 Å². The van der Waals surface area contributed by atoms with Gasteiger partial charge in [-0.05, 0) is 67.1 Å². The number of carboxylic acids is 4. The zero-order valence-corrected chi connectivity index (χ0v) is 19.4. The Morgan fingerprint density at radius 3 is 1.89 bits per heavy atom. The van der Waals surface area contributed by atoms with Crippen molar-refractivity contribution >= 4 is 23.9 Å². The fourth-order valence-electron chi connectivity index (χ4n) is 3.26. The maximum absolute atomic E-state index is 9.10. The van der Waals surface area contributed by atoms with E-state index in [1.54, 1.807) is 0 Å². The molecule has 190 valence electrons. The number of carboxylic acid groups (broad SMARTS) is 4. The van der Waals surface area contributed by atoms with E-state index in [0.717, 1.165) is 31.2 Å². The van der Waals surface area contributed by atoms with Gasteiger partial charge in [-0.1, -0.05) is 19.1 Å². The molecule has 0 bridgehead atoms. The third-order valence-electron chi connectivity index (χ3n) is 4.86. The van der Waals surface area contributed by atoms with E-state index >= 15 is 0 Å². The van der Waals surface area contributed by atoms with Crippen LogP contribution >= 0.6 is 0 Å². The van der Waals surface area contributed by atoms with E-state index in [9.17, 15) is 0 Å². The van der Waals surface area contributed by atoms with E-state index in [0.29, 0.717) is 0 Å². The molecule has 2 heterocycles. The Morgan fingerprint density at radius 1 is 0.886 bits per heavy atom. The number of aliphatic carboxylic acids is 4. The number of pyridine rings is 1. The maximum Gasteiger partial charge on any atom is 0.414 e. The fraction of sp³-hybridized carbons (Fsp3) is 0.375. The van der Waals surface area contributed by atoms with Gasteiger partial charge >= 0.3 is 23.9 Å². The van der Waals surface area contributed by atoms with Crippen molar-refractivity contribution < 1.29 is 44.3 Å². The number of benzene rings is 1. The maximum atomic E-state index is 9.10. The summed E-state index contributed by atoms with van der Waals surface area (Å²) in [6, 6.07) is 12.4. The lowest BCUT2D eigenvalue weighted by Crippen LogP contribution is -2.35. The molecular weight excluding hydrogens is 460 g/mol. The Labute approximate surface area is 202 Å². The number of carbonyl (C=O) groups is 4. The second-order valence-corrected chi connectivity index (χ2v) is 7.73. The van der Waals surface area contributed by atoms with Gasteiger partial charge in [0.25, 0.3) is 0 Å². The highest BCUT2D eigenvalue weighted by molar-refractivity contribution is 6.27. The Hall–Kier alpha value is -3.99. The van der Waals surface area contributed by atoms with Crippen LogP contribution in [0.2, 0.25) is 0 Å². The van der Waals surface area contributed by atoms with E-state index in [4.69, 9.17) is 44.3 Å².